The van der Waals surface area contributed by atoms with Gasteiger partial charge in [-0.1, -0.05) is 0 Å². The monoisotopic (exact) mass is 438 g/mol. The zero-order valence-electron chi connectivity index (χ0n) is 17.4. The molecule has 0 radical (unpaired) electrons. The molecule has 0 saturated carbocycles. The Hall–Kier alpha value is -3.28. The fourth-order valence-electron chi connectivity index (χ4n) is 3.12. The van der Waals surface area contributed by atoms with Crippen LogP contribution in [0.4, 0.5) is 10.5 Å². The Morgan fingerprint density at radius 3 is 2.33 bits per heavy atom. The lowest BCUT2D eigenvalue weighted by molar-refractivity contribution is -0.385. The summed E-state index contributed by atoms with van der Waals surface area (Å²) in [7, 11) is -0.855. The van der Waals surface area contributed by atoms with Crippen LogP contribution >= 0.6 is 0 Å². The average molecular weight is 438 g/mol. The fourth-order valence-corrected chi connectivity index (χ4v) is 4.41. The van der Waals surface area contributed by atoms with Gasteiger partial charge in [-0.25, -0.2) is 17.9 Å². The summed E-state index contributed by atoms with van der Waals surface area (Å²) >= 11 is 0. The van der Waals surface area contributed by atoms with E-state index >= 15 is 0 Å². The summed E-state index contributed by atoms with van der Waals surface area (Å²) in [5.74, 6) is -0.966. The van der Waals surface area contributed by atoms with Crippen LogP contribution in [0, 0.1) is 24.0 Å². The minimum Gasteiger partial charge on any atom is -0.391 e. The number of aryl methyl sites for hydroxylation is 2. The summed E-state index contributed by atoms with van der Waals surface area (Å²) in [4.78, 5) is 37.1. The summed E-state index contributed by atoms with van der Waals surface area (Å²) in [5, 5.41) is 15.7. The van der Waals surface area contributed by atoms with Gasteiger partial charge in [-0.05, 0) is 32.4 Å². The number of sulfone groups is 1. The molecule has 0 fully saturated rings. The van der Waals surface area contributed by atoms with Crippen LogP contribution in [0.15, 0.2) is 17.2 Å². The van der Waals surface area contributed by atoms with Crippen molar-refractivity contribution in [3.63, 3.8) is 0 Å². The Morgan fingerprint density at radius 2 is 1.87 bits per heavy atom. The van der Waals surface area contributed by atoms with Crippen molar-refractivity contribution in [1.29, 1.82) is 0 Å². The van der Waals surface area contributed by atoms with Gasteiger partial charge in [0, 0.05) is 32.5 Å². The third-order valence-corrected chi connectivity index (χ3v) is 5.72. The first-order valence-corrected chi connectivity index (χ1v) is 10.7. The molecule has 30 heavy (non-hydrogen) atoms. The lowest BCUT2D eigenvalue weighted by Crippen LogP contribution is -2.27. The molecule has 2 aromatic rings. The number of nitro benzene ring substituents is 1. The Kier molecular flexibility index (Phi) is 6.30. The van der Waals surface area contributed by atoms with E-state index in [0.29, 0.717) is 0 Å². The smallest absolute Gasteiger partial charge is 0.391 e. The summed E-state index contributed by atoms with van der Waals surface area (Å²) in [6.07, 6.45) is 1.34. The van der Waals surface area contributed by atoms with Crippen LogP contribution in [-0.4, -0.2) is 60.2 Å². The highest BCUT2D eigenvalue weighted by molar-refractivity contribution is 7.90. The number of nitrogens with zero attached hydrogens (tertiary/aromatic N) is 4. The van der Waals surface area contributed by atoms with Crippen molar-refractivity contribution in [2.45, 2.75) is 32.2 Å². The van der Waals surface area contributed by atoms with Crippen LogP contribution in [0.5, 0.6) is 5.88 Å². The number of rotatable bonds is 6. The third-order valence-electron chi connectivity index (χ3n) is 4.35. The molecule has 0 aliphatic carbocycles. The summed E-state index contributed by atoms with van der Waals surface area (Å²) in [6, 6.07) is 1.16. The third kappa shape index (κ3) is 4.17. The van der Waals surface area contributed by atoms with E-state index in [1.807, 2.05) is 0 Å². The van der Waals surface area contributed by atoms with Crippen LogP contribution in [0.3, 0.4) is 0 Å². The number of ketones is 1. The molecule has 0 atom stereocenters. The number of carbonyl (C=O) groups excluding carboxylic acids is 2. The first-order chi connectivity index (χ1) is 13.8. The first-order valence-electron chi connectivity index (χ1n) is 8.79. The molecular weight excluding hydrogens is 416 g/mol. The maximum absolute atomic E-state index is 13.2. The molecule has 12 heteroatoms. The van der Waals surface area contributed by atoms with Gasteiger partial charge in [-0.3, -0.25) is 14.9 Å². The van der Waals surface area contributed by atoms with E-state index in [-0.39, 0.29) is 39.6 Å². The van der Waals surface area contributed by atoms with Crippen molar-refractivity contribution in [2.75, 3.05) is 20.4 Å². The average Bonchev–Trinajstić information content (AvgIpc) is 3.01. The van der Waals surface area contributed by atoms with Gasteiger partial charge in [-0.2, -0.15) is 5.10 Å². The summed E-state index contributed by atoms with van der Waals surface area (Å²) in [5.41, 5.74) is -1.04. The van der Waals surface area contributed by atoms with E-state index in [1.165, 1.54) is 32.6 Å². The van der Waals surface area contributed by atoms with Crippen LogP contribution in [0.2, 0.25) is 0 Å². The fraction of sp³-hybridized carbons (Fsp3) is 0.389. The Labute approximate surface area is 173 Å². The van der Waals surface area contributed by atoms with Gasteiger partial charge < -0.3 is 9.64 Å². The molecule has 1 aromatic heterocycles. The zero-order chi connectivity index (χ0) is 23.0. The highest BCUT2D eigenvalue weighted by Crippen LogP contribution is 2.35. The highest BCUT2D eigenvalue weighted by Gasteiger charge is 2.33. The van der Waals surface area contributed by atoms with E-state index in [2.05, 4.69) is 5.10 Å². The standard InChI is InChI=1S/C18H22N4O7S/c1-7-21-17(29-18(24)20(4)5)13(9-19-21)15(23)12-8-10(2)16(30(6,27)28)11(3)14(12)22(25)26/h8-9H,7H2,1-6H3. The molecule has 0 saturated heterocycles. The van der Waals surface area contributed by atoms with Crippen molar-refractivity contribution in [3.05, 3.63) is 44.6 Å². The zero-order valence-corrected chi connectivity index (χ0v) is 18.2. The largest absolute Gasteiger partial charge is 0.416 e. The SMILES string of the molecule is CCn1ncc(C(=O)c2cc(C)c(S(C)(=O)=O)c(C)c2[N+](=O)[O-])c1OC(=O)N(C)C. The molecule has 1 aromatic carbocycles. The molecule has 162 valence electrons. The van der Waals surface area contributed by atoms with Gasteiger partial charge in [0.05, 0.1) is 16.0 Å². The van der Waals surface area contributed by atoms with Crippen molar-refractivity contribution in [2.24, 2.45) is 0 Å². The van der Waals surface area contributed by atoms with Crippen LogP contribution in [0.25, 0.3) is 0 Å². The number of benzene rings is 1. The van der Waals surface area contributed by atoms with E-state index in [9.17, 15) is 28.1 Å². The minimum atomic E-state index is -3.77. The Balaban J connectivity index is 2.75. The van der Waals surface area contributed by atoms with Gasteiger partial charge in [0.1, 0.15) is 11.1 Å². The second-order valence-corrected chi connectivity index (χ2v) is 8.80. The van der Waals surface area contributed by atoms with Gasteiger partial charge in [0.2, 0.25) is 11.7 Å². The first kappa shape index (κ1) is 23.0. The molecule has 0 aliphatic heterocycles. The number of amides is 1. The molecular formula is C18H22N4O7S. The number of ether oxygens (including phenoxy) is 1. The van der Waals surface area contributed by atoms with E-state index in [4.69, 9.17) is 4.74 Å². The number of carbonyl (C=O) groups is 2. The number of hydrogen-bond acceptors (Lipinski definition) is 8. The molecule has 1 amide bonds. The maximum atomic E-state index is 13.2. The van der Waals surface area contributed by atoms with E-state index in [1.54, 1.807) is 6.92 Å². The molecule has 0 N–H and O–H groups in total. The molecule has 0 bridgehead atoms. The predicted molar refractivity (Wildman–Crippen MR) is 107 cm³/mol. The second-order valence-electron chi connectivity index (χ2n) is 6.84. The lowest BCUT2D eigenvalue weighted by Gasteiger charge is -2.14. The summed E-state index contributed by atoms with van der Waals surface area (Å²) < 4.78 is 30.7. The highest BCUT2D eigenvalue weighted by atomic mass is 32.2. The molecule has 0 spiro atoms. The number of hydrogen-bond donors (Lipinski definition) is 0. The van der Waals surface area contributed by atoms with Gasteiger partial charge in [0.25, 0.3) is 5.69 Å². The van der Waals surface area contributed by atoms with Crippen molar-refractivity contribution < 1.29 is 27.7 Å². The predicted octanol–water partition coefficient (Wildman–Crippen LogP) is 2.12. The topological polar surface area (TPSA) is 142 Å². The second kappa shape index (κ2) is 8.22. The van der Waals surface area contributed by atoms with Crippen molar-refractivity contribution >= 4 is 27.4 Å². The van der Waals surface area contributed by atoms with E-state index in [0.717, 1.165) is 23.4 Å². The van der Waals surface area contributed by atoms with Crippen LogP contribution in [0.1, 0.15) is 34.0 Å². The molecule has 0 unspecified atom stereocenters. The minimum absolute atomic E-state index is 0.138. The maximum Gasteiger partial charge on any atom is 0.416 e. The Bertz CT molecular complexity index is 1150. The van der Waals surface area contributed by atoms with Crippen molar-refractivity contribution in [3.8, 4) is 5.88 Å². The van der Waals surface area contributed by atoms with Gasteiger partial charge >= 0.3 is 6.09 Å². The van der Waals surface area contributed by atoms with Crippen LogP contribution < -0.4 is 4.74 Å². The lowest BCUT2D eigenvalue weighted by atomic mass is 9.98. The van der Waals surface area contributed by atoms with Crippen LogP contribution in [-0.2, 0) is 16.4 Å². The summed E-state index contributed by atoms with van der Waals surface area (Å²) in [6.45, 7) is 4.72. The molecule has 0 aliphatic rings. The number of aromatic nitrogens is 2. The van der Waals surface area contributed by atoms with Gasteiger partial charge in [0.15, 0.2) is 9.84 Å². The normalized spacial score (nSPS) is 11.3. The molecule has 1 heterocycles. The van der Waals surface area contributed by atoms with Crippen molar-refractivity contribution in [1.82, 2.24) is 14.7 Å². The molecule has 2 rings (SSSR count). The van der Waals surface area contributed by atoms with Gasteiger partial charge in [-0.15, -0.1) is 0 Å². The molecule has 11 nitrogen and oxygen atoms in total. The van der Waals surface area contributed by atoms with E-state index < -0.39 is 32.3 Å². The number of nitro groups is 1. The quantitative estimate of drug-likeness (QED) is 0.379. The Morgan fingerprint density at radius 1 is 1.27 bits per heavy atom.